The minimum atomic E-state index is 0.267. The molecule has 5 nitrogen and oxygen atoms in total. The molecular weight excluding hydrogens is 274 g/mol. The van der Waals surface area contributed by atoms with E-state index in [1.165, 1.54) is 0 Å². The van der Waals surface area contributed by atoms with E-state index in [9.17, 15) is 5.26 Å². The second-order valence-electron chi connectivity index (χ2n) is 5.48. The molecule has 2 aliphatic heterocycles. The van der Waals surface area contributed by atoms with Crippen molar-refractivity contribution in [2.45, 2.75) is 32.7 Å². The summed E-state index contributed by atoms with van der Waals surface area (Å²) in [6, 6.07) is 2.55. The van der Waals surface area contributed by atoms with E-state index < -0.39 is 0 Å². The zero-order valence-corrected chi connectivity index (χ0v) is 13.4. The normalized spacial score (nSPS) is 22.5. The van der Waals surface area contributed by atoms with Gasteiger partial charge in [0.1, 0.15) is 6.07 Å². The van der Waals surface area contributed by atoms with Gasteiger partial charge < -0.3 is 15.5 Å². The molecule has 22 heavy (non-hydrogen) atoms. The summed E-state index contributed by atoms with van der Waals surface area (Å²) in [6.45, 7) is 5.01. The fourth-order valence-electron chi connectivity index (χ4n) is 2.38. The monoisotopic (exact) mass is 297 g/mol. The van der Waals surface area contributed by atoms with Crippen LogP contribution >= 0.6 is 0 Å². The summed E-state index contributed by atoms with van der Waals surface area (Å²) in [5.74, 6) is 0.821. The smallest absolute Gasteiger partial charge is 0.198 e. The maximum Gasteiger partial charge on any atom is 0.198 e. The molecule has 0 aromatic heterocycles. The average molecular weight is 297 g/mol. The number of nitrogens with one attached hydrogen (secondary N) is 2. The third-order valence-corrected chi connectivity index (χ3v) is 3.59. The highest BCUT2D eigenvalue weighted by molar-refractivity contribution is 5.84. The summed E-state index contributed by atoms with van der Waals surface area (Å²) in [5.41, 5.74) is 2.21. The van der Waals surface area contributed by atoms with Crippen molar-refractivity contribution in [2.24, 2.45) is 4.99 Å². The first kappa shape index (κ1) is 15.9. The Morgan fingerprint density at radius 3 is 2.95 bits per heavy atom. The number of guanidine groups is 1. The van der Waals surface area contributed by atoms with Crippen molar-refractivity contribution in [3.8, 4) is 6.07 Å². The van der Waals surface area contributed by atoms with Gasteiger partial charge in [-0.2, -0.15) is 5.26 Å². The van der Waals surface area contributed by atoms with Crippen LogP contribution in [0, 0.1) is 11.3 Å². The maximum absolute atomic E-state index is 9.51. The Morgan fingerprint density at radius 2 is 2.32 bits per heavy atom. The number of aliphatic imine (C=N–C) groups is 1. The number of rotatable bonds is 4. The number of likely N-dealkylation sites (N-methyl/N-ethyl adjacent to an activating group) is 1. The molecule has 0 radical (unpaired) electrons. The predicted molar refractivity (Wildman–Crippen MR) is 89.7 cm³/mol. The Balaban J connectivity index is 2.24. The molecule has 2 heterocycles. The lowest BCUT2D eigenvalue weighted by atomic mass is 10.1. The predicted octanol–water partition coefficient (Wildman–Crippen LogP) is 2.40. The van der Waals surface area contributed by atoms with Gasteiger partial charge in [0.15, 0.2) is 5.96 Å². The summed E-state index contributed by atoms with van der Waals surface area (Å²) >= 11 is 0. The summed E-state index contributed by atoms with van der Waals surface area (Å²) in [4.78, 5) is 6.78. The minimum Gasteiger partial charge on any atom is -0.361 e. The molecule has 0 aromatic carbocycles. The number of hydrogen-bond acceptors (Lipinski definition) is 3. The van der Waals surface area contributed by atoms with Crippen LogP contribution in [-0.4, -0.2) is 30.5 Å². The molecule has 0 aliphatic carbocycles. The Kier molecular flexibility index (Phi) is 5.42. The van der Waals surface area contributed by atoms with E-state index in [1.807, 2.05) is 37.6 Å². The van der Waals surface area contributed by atoms with Crippen LogP contribution in [0.15, 0.2) is 52.5 Å². The molecule has 0 amide bonds. The first-order valence-corrected chi connectivity index (χ1v) is 7.66. The van der Waals surface area contributed by atoms with Crippen molar-refractivity contribution in [1.82, 2.24) is 15.5 Å². The van der Waals surface area contributed by atoms with E-state index in [2.05, 4.69) is 35.5 Å². The van der Waals surface area contributed by atoms with Gasteiger partial charge in [0.05, 0.1) is 23.0 Å². The van der Waals surface area contributed by atoms with Crippen molar-refractivity contribution in [3.05, 3.63) is 47.5 Å². The number of nitrogens with zero attached hydrogens (tertiary/aromatic N) is 3. The largest absolute Gasteiger partial charge is 0.361 e. The van der Waals surface area contributed by atoms with Gasteiger partial charge in [0, 0.05) is 19.8 Å². The minimum absolute atomic E-state index is 0.267. The summed E-state index contributed by atoms with van der Waals surface area (Å²) in [7, 11) is 2.00. The number of allylic oxidation sites excluding steroid dienone is 4. The molecule has 1 atom stereocenters. The van der Waals surface area contributed by atoms with Crippen LogP contribution in [0.3, 0.4) is 0 Å². The SMILES string of the molecule is CCCC(C)N=C1NC(/C(C#N)=C2/C=CC=CN2)=CCN1C. The molecule has 0 saturated carbocycles. The summed E-state index contributed by atoms with van der Waals surface area (Å²) < 4.78 is 0. The molecule has 2 aliphatic rings. The Labute approximate surface area is 132 Å². The highest BCUT2D eigenvalue weighted by atomic mass is 15.3. The van der Waals surface area contributed by atoms with Gasteiger partial charge in [-0.25, -0.2) is 4.99 Å². The van der Waals surface area contributed by atoms with Crippen LogP contribution < -0.4 is 10.6 Å². The van der Waals surface area contributed by atoms with Gasteiger partial charge in [-0.1, -0.05) is 19.4 Å². The highest BCUT2D eigenvalue weighted by Crippen LogP contribution is 2.17. The highest BCUT2D eigenvalue weighted by Gasteiger charge is 2.19. The molecule has 0 spiro atoms. The first-order valence-electron chi connectivity index (χ1n) is 7.66. The standard InChI is InChI=1S/C17H23N5/c1-4-7-13(2)20-17-21-16(9-11-22(17)3)14(12-18)15-8-5-6-10-19-15/h5-6,8-10,13,19H,4,7,11H2,1-3H3,(H,20,21)/b15-14-. The van der Waals surface area contributed by atoms with Crippen LogP contribution in [-0.2, 0) is 0 Å². The van der Waals surface area contributed by atoms with E-state index in [4.69, 9.17) is 4.99 Å². The van der Waals surface area contributed by atoms with Gasteiger partial charge in [-0.15, -0.1) is 0 Å². The van der Waals surface area contributed by atoms with Gasteiger partial charge >= 0.3 is 0 Å². The van der Waals surface area contributed by atoms with Crippen LogP contribution in [0.1, 0.15) is 26.7 Å². The Morgan fingerprint density at radius 1 is 1.50 bits per heavy atom. The number of hydrogen-bond donors (Lipinski definition) is 2. The second-order valence-corrected chi connectivity index (χ2v) is 5.48. The van der Waals surface area contributed by atoms with Crippen molar-refractivity contribution in [2.75, 3.05) is 13.6 Å². The van der Waals surface area contributed by atoms with Crippen molar-refractivity contribution in [3.63, 3.8) is 0 Å². The third kappa shape index (κ3) is 3.79. The van der Waals surface area contributed by atoms with Crippen LogP contribution in [0.25, 0.3) is 0 Å². The van der Waals surface area contributed by atoms with Crippen molar-refractivity contribution >= 4 is 5.96 Å². The van der Waals surface area contributed by atoms with E-state index in [1.54, 1.807) is 0 Å². The first-order chi connectivity index (χ1) is 10.7. The molecule has 0 saturated heterocycles. The lowest BCUT2D eigenvalue weighted by molar-refractivity contribution is 0.513. The topological polar surface area (TPSA) is 63.5 Å². The molecule has 5 heteroatoms. The van der Waals surface area contributed by atoms with Gasteiger partial charge in [-0.3, -0.25) is 0 Å². The lowest BCUT2D eigenvalue weighted by Gasteiger charge is -2.28. The zero-order valence-electron chi connectivity index (χ0n) is 13.4. The van der Waals surface area contributed by atoms with Gasteiger partial charge in [0.25, 0.3) is 0 Å². The fraction of sp³-hybridized carbons (Fsp3) is 0.412. The van der Waals surface area contributed by atoms with Gasteiger partial charge in [0.2, 0.25) is 0 Å². The molecule has 0 fully saturated rings. The van der Waals surface area contributed by atoms with Crippen LogP contribution in [0.2, 0.25) is 0 Å². The average Bonchev–Trinajstić information content (AvgIpc) is 2.52. The van der Waals surface area contributed by atoms with E-state index in [-0.39, 0.29) is 6.04 Å². The maximum atomic E-state index is 9.51. The van der Waals surface area contributed by atoms with E-state index in [0.29, 0.717) is 5.57 Å². The molecule has 2 rings (SSSR count). The number of nitriles is 1. The Hall–Kier alpha value is -2.48. The number of dihydropyridines is 1. The van der Waals surface area contributed by atoms with Crippen molar-refractivity contribution in [1.29, 1.82) is 5.26 Å². The van der Waals surface area contributed by atoms with Crippen LogP contribution in [0.4, 0.5) is 0 Å². The molecule has 1 unspecified atom stereocenters. The van der Waals surface area contributed by atoms with Gasteiger partial charge in [-0.05, 0) is 31.6 Å². The lowest BCUT2D eigenvalue weighted by Crippen LogP contribution is -2.43. The molecule has 0 aromatic rings. The molecule has 116 valence electrons. The Bertz CT molecular complexity index is 601. The summed E-state index contributed by atoms with van der Waals surface area (Å²) in [6.07, 6.45) is 11.7. The third-order valence-electron chi connectivity index (χ3n) is 3.59. The van der Waals surface area contributed by atoms with E-state index in [0.717, 1.165) is 36.7 Å². The van der Waals surface area contributed by atoms with Crippen LogP contribution in [0.5, 0.6) is 0 Å². The molecule has 0 bridgehead atoms. The fourth-order valence-corrected chi connectivity index (χ4v) is 2.38. The summed E-state index contributed by atoms with van der Waals surface area (Å²) in [5, 5.41) is 15.9. The molecule has 2 N–H and O–H groups in total. The quantitative estimate of drug-likeness (QED) is 0.782. The zero-order chi connectivity index (χ0) is 15.9. The van der Waals surface area contributed by atoms with E-state index >= 15 is 0 Å². The second kappa shape index (κ2) is 7.51. The molecular formula is C17H23N5. The van der Waals surface area contributed by atoms with Crippen molar-refractivity contribution < 1.29 is 0 Å².